The summed E-state index contributed by atoms with van der Waals surface area (Å²) in [6.07, 6.45) is 0.725. The van der Waals surface area contributed by atoms with Gasteiger partial charge in [-0.1, -0.05) is 13.8 Å². The van der Waals surface area contributed by atoms with Gasteiger partial charge in [0.1, 0.15) is 0 Å². The zero-order chi connectivity index (χ0) is 11.7. The third-order valence-electron chi connectivity index (χ3n) is 3.59. The van der Waals surface area contributed by atoms with E-state index in [1.165, 1.54) is 0 Å². The first-order valence-electron chi connectivity index (χ1n) is 5.56. The Balaban J connectivity index is 2.18. The van der Waals surface area contributed by atoms with Crippen LogP contribution in [0.4, 0.5) is 4.39 Å². The van der Waals surface area contributed by atoms with E-state index >= 15 is 0 Å². The zero-order valence-corrected chi connectivity index (χ0v) is 9.80. The van der Waals surface area contributed by atoms with Crippen LogP contribution >= 0.6 is 0 Å². The summed E-state index contributed by atoms with van der Waals surface area (Å²) in [4.78, 5) is 13.3. The number of carbonyl (C=O) groups excluding carboxylic acids is 1. The lowest BCUT2D eigenvalue weighted by molar-refractivity contribution is 0.0811. The van der Waals surface area contributed by atoms with Crippen molar-refractivity contribution in [3.8, 4) is 0 Å². The van der Waals surface area contributed by atoms with Gasteiger partial charge in [0.25, 0.3) is 5.91 Å². The van der Waals surface area contributed by atoms with Crippen molar-refractivity contribution in [1.82, 2.24) is 9.47 Å². The summed E-state index contributed by atoms with van der Waals surface area (Å²) in [7, 11) is 1.72. The first-order valence-corrected chi connectivity index (χ1v) is 5.56. The van der Waals surface area contributed by atoms with Crippen molar-refractivity contribution >= 4 is 5.91 Å². The Morgan fingerprint density at radius 1 is 1.31 bits per heavy atom. The molecule has 1 aromatic rings. The fraction of sp³-hybridized carbons (Fsp3) is 0.583. The molecule has 0 spiro atoms. The molecule has 3 rings (SSSR count). The van der Waals surface area contributed by atoms with Crippen LogP contribution in [0.1, 0.15) is 35.6 Å². The largest absolute Gasteiger partial charge is 0.343 e. The van der Waals surface area contributed by atoms with Gasteiger partial charge in [0.15, 0.2) is 5.82 Å². The Morgan fingerprint density at radius 2 is 2.00 bits per heavy atom. The Kier molecular flexibility index (Phi) is 1.65. The van der Waals surface area contributed by atoms with E-state index in [1.807, 2.05) is 4.57 Å². The first kappa shape index (κ1) is 9.87. The second-order valence-electron chi connectivity index (χ2n) is 5.67. The minimum atomic E-state index is -0.282. The average Bonchev–Trinajstić information content (AvgIpc) is 2.71. The molecule has 0 saturated carbocycles. The number of nitrogens with zero attached hydrogens (tertiary/aromatic N) is 2. The Morgan fingerprint density at radius 3 is 2.69 bits per heavy atom. The van der Waals surface area contributed by atoms with Crippen LogP contribution < -0.4 is 0 Å². The van der Waals surface area contributed by atoms with E-state index in [-0.39, 0.29) is 17.1 Å². The molecule has 0 N–H and O–H groups in total. The van der Waals surface area contributed by atoms with Crippen LogP contribution in [-0.2, 0) is 19.5 Å². The monoisotopic (exact) mass is 222 g/mol. The number of carbonyl (C=O) groups is 1. The van der Waals surface area contributed by atoms with Crippen molar-refractivity contribution < 1.29 is 9.18 Å². The zero-order valence-electron chi connectivity index (χ0n) is 9.80. The number of halogens is 1. The maximum atomic E-state index is 14.1. The lowest BCUT2D eigenvalue weighted by atomic mass is 9.91. The highest BCUT2D eigenvalue weighted by molar-refractivity contribution is 5.98. The van der Waals surface area contributed by atoms with E-state index in [2.05, 4.69) is 13.8 Å². The molecular weight excluding hydrogens is 207 g/mol. The molecule has 0 aromatic carbocycles. The van der Waals surface area contributed by atoms with E-state index < -0.39 is 0 Å². The second-order valence-corrected chi connectivity index (χ2v) is 5.67. The summed E-state index contributed by atoms with van der Waals surface area (Å²) in [6.45, 7) is 5.62. The van der Waals surface area contributed by atoms with Crippen molar-refractivity contribution in [3.05, 3.63) is 22.8 Å². The fourth-order valence-corrected chi connectivity index (χ4v) is 2.86. The Labute approximate surface area is 93.8 Å². The van der Waals surface area contributed by atoms with Crippen LogP contribution in [0, 0.1) is 11.2 Å². The molecule has 4 heteroatoms. The van der Waals surface area contributed by atoms with E-state index in [1.54, 1.807) is 11.9 Å². The normalized spacial score (nSPS) is 21.5. The third kappa shape index (κ3) is 1.05. The predicted octanol–water partition coefficient (Wildman–Crippen LogP) is 1.80. The summed E-state index contributed by atoms with van der Waals surface area (Å²) in [5.74, 6) is -0.456. The average molecular weight is 222 g/mol. The summed E-state index contributed by atoms with van der Waals surface area (Å²) in [5.41, 5.74) is 2.00. The number of aromatic nitrogens is 1. The van der Waals surface area contributed by atoms with E-state index in [9.17, 15) is 9.18 Å². The lowest BCUT2D eigenvalue weighted by Gasteiger charge is -2.16. The van der Waals surface area contributed by atoms with Crippen molar-refractivity contribution in [2.75, 3.05) is 7.05 Å². The molecule has 0 saturated heterocycles. The van der Waals surface area contributed by atoms with Crippen LogP contribution in [0.25, 0.3) is 0 Å². The van der Waals surface area contributed by atoms with Gasteiger partial charge in [0.05, 0.1) is 23.5 Å². The second kappa shape index (κ2) is 2.67. The maximum Gasteiger partial charge on any atom is 0.258 e. The number of hydrogen-bond donors (Lipinski definition) is 0. The summed E-state index contributed by atoms with van der Waals surface area (Å²) in [6, 6.07) is 0. The van der Waals surface area contributed by atoms with Gasteiger partial charge >= 0.3 is 0 Å². The van der Waals surface area contributed by atoms with Gasteiger partial charge in [0.2, 0.25) is 0 Å². The van der Waals surface area contributed by atoms with Gasteiger partial charge in [0, 0.05) is 13.6 Å². The Hall–Kier alpha value is -1.32. The van der Waals surface area contributed by atoms with E-state index in [0.29, 0.717) is 12.1 Å². The minimum absolute atomic E-state index is 0.107. The van der Waals surface area contributed by atoms with Crippen LogP contribution in [0.15, 0.2) is 0 Å². The SMILES string of the molecule is CN1Cc2c(c(F)c3n2CC(C)(C)C3)C1=O. The minimum Gasteiger partial charge on any atom is -0.343 e. The molecule has 0 aliphatic carbocycles. The molecule has 3 nitrogen and oxygen atoms in total. The van der Waals surface area contributed by atoms with Gasteiger partial charge in [-0.2, -0.15) is 0 Å². The summed E-state index contributed by atoms with van der Waals surface area (Å²) in [5, 5.41) is 0. The standard InChI is InChI=1S/C12H15FN2O/c1-12(2)4-7-10(13)9-8(15(7)6-12)5-14(3)11(9)16/h4-6H2,1-3H3. The molecule has 0 atom stereocenters. The molecule has 2 aliphatic heterocycles. The molecule has 0 fully saturated rings. The van der Waals surface area contributed by atoms with Gasteiger partial charge in [-0.3, -0.25) is 4.79 Å². The van der Waals surface area contributed by atoms with Crippen molar-refractivity contribution in [1.29, 1.82) is 0 Å². The number of hydrogen-bond acceptors (Lipinski definition) is 1. The predicted molar refractivity (Wildman–Crippen MR) is 57.7 cm³/mol. The van der Waals surface area contributed by atoms with Crippen molar-refractivity contribution in [2.24, 2.45) is 5.41 Å². The van der Waals surface area contributed by atoms with Crippen LogP contribution in [0.3, 0.4) is 0 Å². The maximum absolute atomic E-state index is 14.1. The lowest BCUT2D eigenvalue weighted by Crippen LogP contribution is -2.19. The smallest absolute Gasteiger partial charge is 0.258 e. The van der Waals surface area contributed by atoms with Gasteiger partial charge in [-0.05, 0) is 11.8 Å². The molecule has 3 heterocycles. The van der Waals surface area contributed by atoms with Crippen LogP contribution in [-0.4, -0.2) is 22.4 Å². The molecule has 0 radical (unpaired) electrons. The molecule has 2 aliphatic rings. The molecule has 0 unspecified atom stereocenters. The van der Waals surface area contributed by atoms with E-state index in [0.717, 1.165) is 24.4 Å². The van der Waals surface area contributed by atoms with Crippen molar-refractivity contribution in [2.45, 2.75) is 33.4 Å². The van der Waals surface area contributed by atoms with E-state index in [4.69, 9.17) is 0 Å². The number of rotatable bonds is 0. The fourth-order valence-electron chi connectivity index (χ4n) is 2.86. The molecule has 1 amide bonds. The molecule has 1 aromatic heterocycles. The summed E-state index contributed by atoms with van der Waals surface area (Å²) >= 11 is 0. The highest BCUT2D eigenvalue weighted by Gasteiger charge is 2.41. The molecular formula is C12H15FN2O. The van der Waals surface area contributed by atoms with Crippen LogP contribution in [0.5, 0.6) is 0 Å². The molecule has 0 bridgehead atoms. The third-order valence-corrected chi connectivity index (χ3v) is 3.59. The molecule has 86 valence electrons. The Bertz CT molecular complexity index is 502. The topological polar surface area (TPSA) is 25.2 Å². The van der Waals surface area contributed by atoms with Gasteiger partial charge in [-0.15, -0.1) is 0 Å². The van der Waals surface area contributed by atoms with Gasteiger partial charge in [-0.25, -0.2) is 4.39 Å². The number of amides is 1. The van der Waals surface area contributed by atoms with Crippen molar-refractivity contribution in [3.63, 3.8) is 0 Å². The summed E-state index contributed by atoms with van der Waals surface area (Å²) < 4.78 is 16.1. The van der Waals surface area contributed by atoms with Crippen LogP contribution in [0.2, 0.25) is 0 Å². The quantitative estimate of drug-likeness (QED) is 0.657. The molecule has 16 heavy (non-hydrogen) atoms. The first-order chi connectivity index (χ1) is 7.41. The highest BCUT2D eigenvalue weighted by atomic mass is 19.1. The number of fused-ring (bicyclic) bond motifs is 3. The highest BCUT2D eigenvalue weighted by Crippen LogP contribution is 2.39. The van der Waals surface area contributed by atoms with Gasteiger partial charge < -0.3 is 9.47 Å².